The van der Waals surface area contributed by atoms with Crippen LogP contribution >= 0.6 is 0 Å². The fourth-order valence-electron chi connectivity index (χ4n) is 2.61. The molecule has 0 atom stereocenters. The number of ether oxygens (including phenoxy) is 1. The Morgan fingerprint density at radius 2 is 2.15 bits per heavy atom. The van der Waals surface area contributed by atoms with Crippen molar-refractivity contribution >= 4 is 11.7 Å². The number of rotatable bonds is 4. The molecule has 1 fully saturated rings. The largest absolute Gasteiger partial charge is 0.466 e. The molecule has 1 heterocycles. The summed E-state index contributed by atoms with van der Waals surface area (Å²) in [5.41, 5.74) is 5.18. The van der Waals surface area contributed by atoms with Crippen LogP contribution in [0.5, 0.6) is 0 Å². The lowest BCUT2D eigenvalue weighted by Gasteiger charge is -2.27. The molecule has 1 aromatic heterocycles. The summed E-state index contributed by atoms with van der Waals surface area (Å²) in [7, 11) is 0. The van der Waals surface area contributed by atoms with E-state index in [1.165, 1.54) is 10.9 Å². The van der Waals surface area contributed by atoms with Crippen molar-refractivity contribution in [1.82, 2.24) is 9.78 Å². The zero-order chi connectivity index (χ0) is 14.7. The first-order chi connectivity index (χ1) is 9.52. The molecule has 1 aromatic rings. The van der Waals surface area contributed by atoms with E-state index in [1.54, 1.807) is 6.92 Å². The minimum absolute atomic E-state index is 0.0208. The molecule has 0 radical (unpaired) electrons. The predicted octanol–water partition coefficient (Wildman–Crippen LogP) is 2.70. The maximum atomic E-state index is 12.6. The van der Waals surface area contributed by atoms with E-state index in [9.17, 15) is 13.6 Å². The number of alkyl halides is 2. The summed E-state index contributed by atoms with van der Waals surface area (Å²) in [6.45, 7) is 2.16. The second-order valence-electron chi connectivity index (χ2n) is 5.01. The Bertz CT molecular complexity index is 468. The lowest BCUT2D eigenvalue weighted by atomic mass is 9.86. The number of aromatic nitrogens is 2. The zero-order valence-corrected chi connectivity index (χ0v) is 11.4. The van der Waals surface area contributed by atoms with Gasteiger partial charge in [0.15, 0.2) is 5.69 Å². The molecule has 0 saturated heterocycles. The molecule has 7 heteroatoms. The Kier molecular flexibility index (Phi) is 4.57. The smallest absolute Gasteiger partial charge is 0.308 e. The molecule has 0 amide bonds. The van der Waals surface area contributed by atoms with Crippen LogP contribution < -0.4 is 5.73 Å². The first-order valence-corrected chi connectivity index (χ1v) is 6.82. The summed E-state index contributed by atoms with van der Waals surface area (Å²) in [6.07, 6.45) is 1.60. The van der Waals surface area contributed by atoms with Gasteiger partial charge in [-0.05, 0) is 32.6 Å². The van der Waals surface area contributed by atoms with Crippen LogP contribution in [0.2, 0.25) is 0 Å². The quantitative estimate of drug-likeness (QED) is 0.864. The second kappa shape index (κ2) is 6.19. The molecule has 112 valence electrons. The number of anilines is 1. The maximum absolute atomic E-state index is 12.6. The second-order valence-corrected chi connectivity index (χ2v) is 5.01. The number of hydrogen-bond acceptors (Lipinski definition) is 4. The molecule has 0 aliphatic heterocycles. The van der Waals surface area contributed by atoms with Crippen molar-refractivity contribution in [3.63, 3.8) is 0 Å². The van der Waals surface area contributed by atoms with E-state index >= 15 is 0 Å². The van der Waals surface area contributed by atoms with Crippen LogP contribution in [-0.4, -0.2) is 22.4 Å². The number of hydrogen-bond donors (Lipinski definition) is 1. The molecule has 0 unspecified atom stereocenters. The number of nitrogens with zero attached hydrogens (tertiary/aromatic N) is 2. The van der Waals surface area contributed by atoms with Crippen molar-refractivity contribution in [3.05, 3.63) is 11.9 Å². The van der Waals surface area contributed by atoms with Crippen LogP contribution in [-0.2, 0) is 9.53 Å². The average molecular weight is 287 g/mol. The topological polar surface area (TPSA) is 70.1 Å². The van der Waals surface area contributed by atoms with Crippen LogP contribution in [0.25, 0.3) is 0 Å². The Morgan fingerprint density at radius 3 is 2.65 bits per heavy atom. The van der Waals surface area contributed by atoms with Gasteiger partial charge in [-0.1, -0.05) is 0 Å². The third kappa shape index (κ3) is 3.08. The van der Waals surface area contributed by atoms with Crippen LogP contribution in [0, 0.1) is 5.92 Å². The predicted molar refractivity (Wildman–Crippen MR) is 69.2 cm³/mol. The van der Waals surface area contributed by atoms with E-state index in [-0.39, 0.29) is 29.3 Å². The normalized spacial score (nSPS) is 23.0. The molecule has 2 rings (SSSR count). The fourth-order valence-corrected chi connectivity index (χ4v) is 2.61. The summed E-state index contributed by atoms with van der Waals surface area (Å²) in [5.74, 6) is -0.257. The molecule has 5 nitrogen and oxygen atoms in total. The Balaban J connectivity index is 1.97. The minimum Gasteiger partial charge on any atom is -0.466 e. The van der Waals surface area contributed by atoms with Crippen LogP contribution in [0.15, 0.2) is 6.20 Å². The fraction of sp³-hybridized carbons (Fsp3) is 0.692. The number of carbonyl (C=O) groups excluding carboxylic acids is 1. The summed E-state index contributed by atoms with van der Waals surface area (Å²) in [5, 5.41) is 3.86. The van der Waals surface area contributed by atoms with Crippen molar-refractivity contribution in [2.24, 2.45) is 5.92 Å². The number of halogens is 2. The first kappa shape index (κ1) is 14.7. The lowest BCUT2D eigenvalue weighted by molar-refractivity contribution is -0.149. The highest BCUT2D eigenvalue weighted by molar-refractivity contribution is 5.72. The van der Waals surface area contributed by atoms with Gasteiger partial charge >= 0.3 is 5.97 Å². The van der Waals surface area contributed by atoms with E-state index < -0.39 is 6.43 Å². The molecule has 1 saturated carbocycles. The average Bonchev–Trinajstić information content (AvgIpc) is 2.81. The standard InChI is InChI=1S/C13H19F2N3O2/c1-2-20-13(19)8-3-5-9(6-4-8)18-7-10(16)11(17-18)12(14)15/h7-9,12H,2-6,16H2,1H3/t8-,9-. The first-order valence-electron chi connectivity index (χ1n) is 6.82. The van der Waals surface area contributed by atoms with Gasteiger partial charge in [-0.2, -0.15) is 5.10 Å². The van der Waals surface area contributed by atoms with Gasteiger partial charge < -0.3 is 10.5 Å². The van der Waals surface area contributed by atoms with Crippen molar-refractivity contribution < 1.29 is 18.3 Å². The molecule has 0 bridgehead atoms. The van der Waals surface area contributed by atoms with Gasteiger partial charge in [0.25, 0.3) is 6.43 Å². The minimum atomic E-state index is -2.66. The van der Waals surface area contributed by atoms with E-state index in [1.807, 2.05) is 0 Å². The zero-order valence-electron chi connectivity index (χ0n) is 11.4. The summed E-state index contributed by atoms with van der Waals surface area (Å²) >= 11 is 0. The number of nitrogens with two attached hydrogens (primary N) is 1. The van der Waals surface area contributed by atoms with E-state index in [2.05, 4.69) is 5.10 Å². The van der Waals surface area contributed by atoms with Gasteiger partial charge in [-0.3, -0.25) is 9.48 Å². The highest BCUT2D eigenvalue weighted by Gasteiger charge is 2.29. The summed E-state index contributed by atoms with van der Waals surface area (Å²) in [6, 6.07) is 0.0236. The molecule has 0 spiro atoms. The summed E-state index contributed by atoms with van der Waals surface area (Å²) < 4.78 is 31.8. The number of carbonyl (C=O) groups is 1. The Hall–Kier alpha value is -1.66. The van der Waals surface area contributed by atoms with Gasteiger partial charge in [0.2, 0.25) is 0 Å². The Morgan fingerprint density at radius 1 is 1.50 bits per heavy atom. The summed E-state index contributed by atoms with van der Waals surface area (Å²) in [4.78, 5) is 11.6. The molecular formula is C13H19F2N3O2. The molecular weight excluding hydrogens is 268 g/mol. The van der Waals surface area contributed by atoms with E-state index in [4.69, 9.17) is 10.5 Å². The van der Waals surface area contributed by atoms with E-state index in [0.717, 1.165) is 0 Å². The van der Waals surface area contributed by atoms with E-state index in [0.29, 0.717) is 32.3 Å². The lowest BCUT2D eigenvalue weighted by Crippen LogP contribution is -2.25. The van der Waals surface area contributed by atoms with Gasteiger partial charge in [0, 0.05) is 6.20 Å². The number of esters is 1. The van der Waals surface area contributed by atoms with Crippen LogP contribution in [0.3, 0.4) is 0 Å². The maximum Gasteiger partial charge on any atom is 0.308 e. The van der Waals surface area contributed by atoms with Gasteiger partial charge in [0.1, 0.15) is 0 Å². The number of nitrogen functional groups attached to an aromatic ring is 1. The third-order valence-electron chi connectivity index (χ3n) is 3.69. The highest BCUT2D eigenvalue weighted by Crippen LogP contribution is 2.34. The van der Waals surface area contributed by atoms with Crippen molar-refractivity contribution in [2.45, 2.75) is 45.1 Å². The molecule has 1 aliphatic rings. The van der Waals surface area contributed by atoms with Gasteiger partial charge in [-0.25, -0.2) is 8.78 Å². The van der Waals surface area contributed by atoms with Crippen molar-refractivity contribution in [1.29, 1.82) is 0 Å². The van der Waals surface area contributed by atoms with Crippen molar-refractivity contribution in [3.8, 4) is 0 Å². The Labute approximate surface area is 116 Å². The third-order valence-corrected chi connectivity index (χ3v) is 3.69. The van der Waals surface area contributed by atoms with Gasteiger partial charge in [0.05, 0.1) is 24.3 Å². The monoisotopic (exact) mass is 287 g/mol. The van der Waals surface area contributed by atoms with Crippen LogP contribution in [0.1, 0.15) is 50.8 Å². The SMILES string of the molecule is CCOC(=O)[C@H]1CC[C@H](n2cc(N)c(C(F)F)n2)CC1. The highest BCUT2D eigenvalue weighted by atomic mass is 19.3. The molecule has 2 N–H and O–H groups in total. The molecule has 20 heavy (non-hydrogen) atoms. The molecule has 1 aliphatic carbocycles. The van der Waals surface area contributed by atoms with Crippen LogP contribution in [0.4, 0.5) is 14.5 Å². The molecule has 0 aromatic carbocycles. The van der Waals surface area contributed by atoms with Gasteiger partial charge in [-0.15, -0.1) is 0 Å². The van der Waals surface area contributed by atoms with Crippen molar-refractivity contribution in [2.75, 3.05) is 12.3 Å².